The first-order valence-electron chi connectivity index (χ1n) is 5.86. The number of anilines is 2. The van der Waals surface area contributed by atoms with E-state index < -0.39 is 11.7 Å². The van der Waals surface area contributed by atoms with E-state index in [-0.39, 0.29) is 28.1 Å². The van der Waals surface area contributed by atoms with Crippen molar-refractivity contribution in [1.82, 2.24) is 0 Å². The van der Waals surface area contributed by atoms with Crippen LogP contribution < -0.4 is 11.1 Å². The van der Waals surface area contributed by atoms with Crippen LogP contribution in [0.25, 0.3) is 0 Å². The topological polar surface area (TPSA) is 103 Å². The van der Waals surface area contributed by atoms with Crippen LogP contribution in [0.3, 0.4) is 0 Å². The maximum absolute atomic E-state index is 13.6. The van der Waals surface area contributed by atoms with Gasteiger partial charge in [0.2, 0.25) is 0 Å². The third kappa shape index (κ3) is 2.96. The average molecular weight is 280 g/mol. The molecule has 0 heterocycles. The molecule has 0 saturated heterocycles. The summed E-state index contributed by atoms with van der Waals surface area (Å²) in [6, 6.07) is 11.6. The van der Waals surface area contributed by atoms with E-state index >= 15 is 0 Å². The van der Waals surface area contributed by atoms with E-state index in [0.717, 1.165) is 6.07 Å². The molecule has 0 aliphatic rings. The number of nitrogens with zero attached hydrogens (tertiary/aromatic N) is 2. The van der Waals surface area contributed by atoms with Gasteiger partial charge in [-0.15, -0.1) is 0 Å². The van der Waals surface area contributed by atoms with Crippen molar-refractivity contribution < 1.29 is 9.18 Å². The maximum atomic E-state index is 13.6. The first-order chi connectivity index (χ1) is 10.0. The molecule has 2 aromatic carbocycles. The predicted octanol–water partition coefficient (Wildman–Crippen LogP) is 2.40. The Morgan fingerprint density at radius 3 is 2.48 bits per heavy atom. The predicted molar refractivity (Wildman–Crippen MR) is 74.6 cm³/mol. The summed E-state index contributed by atoms with van der Waals surface area (Å²) in [6.07, 6.45) is 0. The molecule has 5 nitrogen and oxygen atoms in total. The van der Waals surface area contributed by atoms with Crippen LogP contribution in [0.2, 0.25) is 0 Å². The molecule has 0 saturated carbocycles. The van der Waals surface area contributed by atoms with Crippen molar-refractivity contribution in [3.05, 3.63) is 58.9 Å². The van der Waals surface area contributed by atoms with Gasteiger partial charge in [0.1, 0.15) is 18.0 Å². The molecule has 0 unspecified atom stereocenters. The Bertz CT molecular complexity index is 802. The van der Waals surface area contributed by atoms with Gasteiger partial charge in [-0.3, -0.25) is 4.79 Å². The van der Waals surface area contributed by atoms with Crippen LogP contribution in [0.4, 0.5) is 15.8 Å². The number of benzene rings is 2. The summed E-state index contributed by atoms with van der Waals surface area (Å²) in [6.45, 7) is 0. The molecule has 21 heavy (non-hydrogen) atoms. The number of nitrogens with two attached hydrogens (primary N) is 1. The largest absolute Gasteiger partial charge is 0.399 e. The molecule has 6 heteroatoms. The Labute approximate surface area is 120 Å². The van der Waals surface area contributed by atoms with E-state index in [0.29, 0.717) is 0 Å². The number of hydrogen-bond acceptors (Lipinski definition) is 4. The molecule has 0 radical (unpaired) electrons. The fourth-order valence-electron chi connectivity index (χ4n) is 1.73. The summed E-state index contributed by atoms with van der Waals surface area (Å²) in [5, 5.41) is 20.2. The molecule has 3 N–H and O–H groups in total. The van der Waals surface area contributed by atoms with Crippen molar-refractivity contribution in [3.63, 3.8) is 0 Å². The molecule has 0 aromatic heterocycles. The van der Waals surface area contributed by atoms with Crippen LogP contribution in [-0.4, -0.2) is 5.91 Å². The third-order valence-electron chi connectivity index (χ3n) is 2.75. The van der Waals surface area contributed by atoms with Crippen molar-refractivity contribution in [1.29, 1.82) is 10.5 Å². The van der Waals surface area contributed by atoms with Gasteiger partial charge in [0.15, 0.2) is 0 Å². The number of halogens is 1. The molecule has 2 rings (SSSR count). The summed E-state index contributed by atoms with van der Waals surface area (Å²) in [5.74, 6) is -1.38. The lowest BCUT2D eigenvalue weighted by molar-refractivity contribution is 0.102. The minimum absolute atomic E-state index is 0.128. The Morgan fingerprint density at radius 1 is 1.10 bits per heavy atom. The zero-order valence-electron chi connectivity index (χ0n) is 10.7. The van der Waals surface area contributed by atoms with Gasteiger partial charge >= 0.3 is 0 Å². The number of nitrogen functional groups attached to an aromatic ring is 1. The summed E-state index contributed by atoms with van der Waals surface area (Å²) in [5.41, 5.74) is 6.20. The van der Waals surface area contributed by atoms with Gasteiger partial charge in [-0.2, -0.15) is 10.5 Å². The smallest absolute Gasteiger partial charge is 0.258 e. The molecule has 0 spiro atoms. The lowest BCUT2D eigenvalue weighted by Crippen LogP contribution is -2.14. The number of nitriles is 2. The number of rotatable bonds is 2. The summed E-state index contributed by atoms with van der Waals surface area (Å²) < 4.78 is 13.6. The normalized spacial score (nSPS) is 9.48. The highest BCUT2D eigenvalue weighted by atomic mass is 19.1. The molecule has 0 aliphatic carbocycles. The molecule has 0 fully saturated rings. The Kier molecular flexibility index (Phi) is 3.83. The lowest BCUT2D eigenvalue weighted by Gasteiger charge is -2.07. The molecule has 0 bridgehead atoms. The van der Waals surface area contributed by atoms with Gasteiger partial charge in [0.25, 0.3) is 5.91 Å². The van der Waals surface area contributed by atoms with Crippen molar-refractivity contribution in [3.8, 4) is 12.1 Å². The van der Waals surface area contributed by atoms with Crippen LogP contribution >= 0.6 is 0 Å². The first kappa shape index (κ1) is 14.0. The monoisotopic (exact) mass is 280 g/mol. The molecule has 0 aliphatic heterocycles. The molecule has 2 aromatic rings. The highest BCUT2D eigenvalue weighted by Crippen LogP contribution is 2.17. The van der Waals surface area contributed by atoms with Gasteiger partial charge in [0, 0.05) is 11.4 Å². The van der Waals surface area contributed by atoms with Gasteiger partial charge in [-0.25, -0.2) is 4.39 Å². The van der Waals surface area contributed by atoms with Gasteiger partial charge in [0.05, 0.1) is 16.7 Å². The summed E-state index contributed by atoms with van der Waals surface area (Å²) in [7, 11) is 0. The highest BCUT2D eigenvalue weighted by Gasteiger charge is 2.13. The lowest BCUT2D eigenvalue weighted by atomic mass is 10.1. The average Bonchev–Trinajstić information content (AvgIpc) is 2.49. The van der Waals surface area contributed by atoms with Crippen molar-refractivity contribution in [2.45, 2.75) is 0 Å². The Balaban J connectivity index is 2.30. The van der Waals surface area contributed by atoms with Gasteiger partial charge < -0.3 is 11.1 Å². The first-order valence-corrected chi connectivity index (χ1v) is 5.86. The number of amides is 1. The second-order valence-electron chi connectivity index (χ2n) is 4.18. The van der Waals surface area contributed by atoms with Gasteiger partial charge in [-0.05, 0) is 36.4 Å². The van der Waals surface area contributed by atoms with Crippen LogP contribution in [0.15, 0.2) is 36.4 Å². The van der Waals surface area contributed by atoms with Crippen molar-refractivity contribution >= 4 is 17.3 Å². The van der Waals surface area contributed by atoms with E-state index in [1.54, 1.807) is 0 Å². The molecule has 102 valence electrons. The highest BCUT2D eigenvalue weighted by molar-refractivity contribution is 6.05. The summed E-state index contributed by atoms with van der Waals surface area (Å²) in [4.78, 5) is 12.0. The van der Waals surface area contributed by atoms with E-state index in [9.17, 15) is 9.18 Å². The molecular formula is C15H9FN4O. The van der Waals surface area contributed by atoms with Crippen LogP contribution in [-0.2, 0) is 0 Å². The minimum atomic E-state index is -0.698. The van der Waals surface area contributed by atoms with Gasteiger partial charge in [-0.1, -0.05) is 0 Å². The number of carbonyl (C=O) groups is 1. The minimum Gasteiger partial charge on any atom is -0.399 e. The second-order valence-corrected chi connectivity index (χ2v) is 4.18. The third-order valence-corrected chi connectivity index (χ3v) is 2.75. The summed E-state index contributed by atoms with van der Waals surface area (Å²) >= 11 is 0. The molecular weight excluding hydrogens is 271 g/mol. The van der Waals surface area contributed by atoms with E-state index in [4.69, 9.17) is 16.3 Å². The standard InChI is InChI=1S/C15H9FN4O/c16-14-4-2-11(19)6-13(14)15(21)20-12-3-1-9(7-17)10(5-12)8-18/h1-6H,19H2,(H,20,21). The maximum Gasteiger partial charge on any atom is 0.258 e. The number of hydrogen-bond donors (Lipinski definition) is 2. The number of nitrogens with one attached hydrogen (secondary N) is 1. The zero-order valence-corrected chi connectivity index (χ0v) is 10.7. The fraction of sp³-hybridized carbons (Fsp3) is 0. The van der Waals surface area contributed by atoms with E-state index in [1.165, 1.54) is 30.3 Å². The van der Waals surface area contributed by atoms with Crippen molar-refractivity contribution in [2.24, 2.45) is 0 Å². The Hall–Kier alpha value is -3.38. The van der Waals surface area contributed by atoms with Crippen LogP contribution in [0.1, 0.15) is 21.5 Å². The zero-order chi connectivity index (χ0) is 15.4. The van der Waals surface area contributed by atoms with E-state index in [2.05, 4.69) is 5.32 Å². The fourth-order valence-corrected chi connectivity index (χ4v) is 1.73. The van der Waals surface area contributed by atoms with Crippen LogP contribution in [0.5, 0.6) is 0 Å². The van der Waals surface area contributed by atoms with E-state index in [1.807, 2.05) is 12.1 Å². The SMILES string of the molecule is N#Cc1ccc(NC(=O)c2cc(N)ccc2F)cc1C#N. The van der Waals surface area contributed by atoms with Crippen LogP contribution in [0, 0.1) is 28.5 Å². The quantitative estimate of drug-likeness (QED) is 0.824. The molecule has 0 atom stereocenters. The van der Waals surface area contributed by atoms with Crippen molar-refractivity contribution in [2.75, 3.05) is 11.1 Å². The second kappa shape index (κ2) is 5.72. The molecule has 1 amide bonds. The Morgan fingerprint density at radius 2 is 1.81 bits per heavy atom. The number of carbonyl (C=O) groups excluding carboxylic acids is 1.